The summed E-state index contributed by atoms with van der Waals surface area (Å²) in [7, 11) is -4.22. The zero-order valence-corrected chi connectivity index (χ0v) is 7.67. The van der Waals surface area contributed by atoms with Crippen LogP contribution in [0.2, 0.25) is 0 Å². The third-order valence-corrected chi connectivity index (χ3v) is 2.59. The first kappa shape index (κ1) is 9.71. The van der Waals surface area contributed by atoms with Crippen molar-refractivity contribution in [3.05, 3.63) is 29.3 Å². The maximum absolute atomic E-state index is 10.8. The molecular weight excluding hydrogens is 190 g/mol. The fourth-order valence-electron chi connectivity index (χ4n) is 0.948. The van der Waals surface area contributed by atoms with E-state index in [9.17, 15) is 8.42 Å². The van der Waals surface area contributed by atoms with Crippen molar-refractivity contribution in [2.45, 2.75) is 11.8 Å². The summed E-state index contributed by atoms with van der Waals surface area (Å²) < 4.78 is 30.3. The molecular formula is C8H7NO3S. The van der Waals surface area contributed by atoms with Crippen LogP contribution in [0.1, 0.15) is 11.1 Å². The van der Waals surface area contributed by atoms with Gasteiger partial charge in [0.25, 0.3) is 10.1 Å². The van der Waals surface area contributed by atoms with Crippen LogP contribution in [0.5, 0.6) is 0 Å². The van der Waals surface area contributed by atoms with Gasteiger partial charge in [-0.3, -0.25) is 4.55 Å². The fourth-order valence-corrected chi connectivity index (χ4v) is 1.70. The maximum Gasteiger partial charge on any atom is 0.294 e. The molecule has 1 rings (SSSR count). The van der Waals surface area contributed by atoms with E-state index in [1.807, 2.05) is 0 Å². The minimum atomic E-state index is -4.22. The quantitative estimate of drug-likeness (QED) is 0.684. The van der Waals surface area contributed by atoms with E-state index >= 15 is 0 Å². The molecule has 5 heteroatoms. The first-order valence-corrected chi connectivity index (χ1v) is 4.87. The van der Waals surface area contributed by atoms with Gasteiger partial charge >= 0.3 is 0 Å². The van der Waals surface area contributed by atoms with Crippen molar-refractivity contribution in [2.24, 2.45) is 0 Å². The maximum atomic E-state index is 10.8. The molecule has 0 aliphatic rings. The Hall–Kier alpha value is -1.38. The SMILES string of the molecule is Cc1ccc(C#N)cc1S(=O)(=O)O. The standard InChI is InChI=1S/C8H7NO3S/c1-6-2-3-7(5-9)4-8(6)13(10,11)12/h2-4H,1H3,(H,10,11,12). The number of aryl methyl sites for hydroxylation is 1. The molecule has 68 valence electrons. The smallest absolute Gasteiger partial charge is 0.282 e. The summed E-state index contributed by atoms with van der Waals surface area (Å²) in [5, 5.41) is 8.49. The third kappa shape index (κ3) is 2.05. The predicted octanol–water partition coefficient (Wildman–Crippen LogP) is 1.11. The van der Waals surface area contributed by atoms with E-state index in [4.69, 9.17) is 9.81 Å². The Balaban J connectivity index is 3.47. The lowest BCUT2D eigenvalue weighted by atomic mass is 10.2. The highest BCUT2D eigenvalue weighted by Gasteiger charge is 2.13. The predicted molar refractivity (Wildman–Crippen MR) is 45.7 cm³/mol. The second-order valence-electron chi connectivity index (χ2n) is 2.57. The van der Waals surface area contributed by atoms with Gasteiger partial charge in [-0.1, -0.05) is 6.07 Å². The first-order valence-electron chi connectivity index (χ1n) is 3.43. The number of benzene rings is 1. The molecule has 0 radical (unpaired) electrons. The van der Waals surface area contributed by atoms with Crippen molar-refractivity contribution in [3.63, 3.8) is 0 Å². The second-order valence-corrected chi connectivity index (χ2v) is 3.96. The van der Waals surface area contributed by atoms with Crippen LogP contribution < -0.4 is 0 Å². The Labute approximate surface area is 76.2 Å². The van der Waals surface area contributed by atoms with Crippen LogP contribution in [-0.2, 0) is 10.1 Å². The van der Waals surface area contributed by atoms with Gasteiger partial charge in [0.2, 0.25) is 0 Å². The molecule has 0 saturated heterocycles. The van der Waals surface area contributed by atoms with E-state index in [-0.39, 0.29) is 10.5 Å². The lowest BCUT2D eigenvalue weighted by molar-refractivity contribution is 0.482. The molecule has 0 spiro atoms. The second kappa shape index (κ2) is 3.17. The Morgan fingerprint density at radius 3 is 2.54 bits per heavy atom. The van der Waals surface area contributed by atoms with Crippen LogP contribution in [0.15, 0.2) is 23.1 Å². The summed E-state index contributed by atoms with van der Waals surface area (Å²) in [6, 6.07) is 5.90. The van der Waals surface area contributed by atoms with Crippen molar-refractivity contribution in [2.75, 3.05) is 0 Å². The topological polar surface area (TPSA) is 78.2 Å². The van der Waals surface area contributed by atoms with Gasteiger partial charge in [-0.05, 0) is 24.6 Å². The minimum absolute atomic E-state index is 0.207. The summed E-state index contributed by atoms with van der Waals surface area (Å²) in [4.78, 5) is -0.216. The summed E-state index contributed by atoms with van der Waals surface area (Å²) in [5.41, 5.74) is 0.625. The first-order chi connectivity index (χ1) is 5.95. The van der Waals surface area contributed by atoms with Crippen LogP contribution in [0.3, 0.4) is 0 Å². The van der Waals surface area contributed by atoms with Crippen LogP contribution in [0.25, 0.3) is 0 Å². The Kier molecular flexibility index (Phi) is 2.36. The molecule has 0 aromatic heterocycles. The summed E-state index contributed by atoms with van der Waals surface area (Å²) in [5.74, 6) is 0. The number of nitrogens with zero attached hydrogens (tertiary/aromatic N) is 1. The van der Waals surface area contributed by atoms with Crippen LogP contribution in [-0.4, -0.2) is 13.0 Å². The fraction of sp³-hybridized carbons (Fsp3) is 0.125. The van der Waals surface area contributed by atoms with E-state index in [1.54, 1.807) is 13.0 Å². The van der Waals surface area contributed by atoms with Gasteiger partial charge in [-0.25, -0.2) is 0 Å². The molecule has 0 aliphatic carbocycles. The Morgan fingerprint density at radius 2 is 2.08 bits per heavy atom. The van der Waals surface area contributed by atoms with E-state index in [0.717, 1.165) is 6.07 Å². The van der Waals surface area contributed by atoms with Crippen LogP contribution in [0, 0.1) is 18.3 Å². The van der Waals surface area contributed by atoms with Gasteiger partial charge in [-0.2, -0.15) is 13.7 Å². The van der Waals surface area contributed by atoms with E-state index < -0.39 is 10.1 Å². The molecule has 1 aromatic carbocycles. The van der Waals surface area contributed by atoms with Crippen molar-refractivity contribution in [1.29, 1.82) is 5.26 Å². The van der Waals surface area contributed by atoms with Crippen LogP contribution >= 0.6 is 0 Å². The molecule has 0 unspecified atom stereocenters. The van der Waals surface area contributed by atoms with Gasteiger partial charge < -0.3 is 0 Å². The number of hydrogen-bond acceptors (Lipinski definition) is 3. The largest absolute Gasteiger partial charge is 0.294 e. The minimum Gasteiger partial charge on any atom is -0.282 e. The van der Waals surface area contributed by atoms with Crippen molar-refractivity contribution >= 4 is 10.1 Å². The average Bonchev–Trinajstić information content (AvgIpc) is 2.03. The normalized spacial score (nSPS) is 10.8. The third-order valence-electron chi connectivity index (χ3n) is 1.60. The van der Waals surface area contributed by atoms with E-state index in [1.165, 1.54) is 12.1 Å². The number of rotatable bonds is 1. The zero-order valence-electron chi connectivity index (χ0n) is 6.85. The van der Waals surface area contributed by atoms with Gasteiger partial charge in [0, 0.05) is 0 Å². The molecule has 0 heterocycles. The Morgan fingerprint density at radius 1 is 1.46 bits per heavy atom. The van der Waals surface area contributed by atoms with Gasteiger partial charge in [0.05, 0.1) is 16.5 Å². The van der Waals surface area contributed by atoms with Crippen LogP contribution in [0.4, 0.5) is 0 Å². The molecule has 0 atom stereocenters. The van der Waals surface area contributed by atoms with Gasteiger partial charge in [0.15, 0.2) is 0 Å². The molecule has 0 aliphatic heterocycles. The van der Waals surface area contributed by atoms with Crippen molar-refractivity contribution < 1.29 is 13.0 Å². The molecule has 0 amide bonds. The summed E-state index contributed by atoms with van der Waals surface area (Å²) >= 11 is 0. The molecule has 13 heavy (non-hydrogen) atoms. The molecule has 0 bridgehead atoms. The average molecular weight is 197 g/mol. The van der Waals surface area contributed by atoms with E-state index in [2.05, 4.69) is 0 Å². The van der Waals surface area contributed by atoms with Gasteiger partial charge in [-0.15, -0.1) is 0 Å². The molecule has 1 N–H and O–H groups in total. The highest BCUT2D eigenvalue weighted by Crippen LogP contribution is 2.15. The molecule has 0 fully saturated rings. The molecule has 1 aromatic rings. The number of hydrogen-bond donors (Lipinski definition) is 1. The van der Waals surface area contributed by atoms with Crippen molar-refractivity contribution in [1.82, 2.24) is 0 Å². The summed E-state index contributed by atoms with van der Waals surface area (Å²) in [6.07, 6.45) is 0. The number of nitriles is 1. The lowest BCUT2D eigenvalue weighted by Gasteiger charge is -2.01. The molecule has 4 nitrogen and oxygen atoms in total. The van der Waals surface area contributed by atoms with E-state index in [0.29, 0.717) is 5.56 Å². The zero-order chi connectivity index (χ0) is 10.1. The highest BCUT2D eigenvalue weighted by molar-refractivity contribution is 7.85. The van der Waals surface area contributed by atoms with Crippen molar-refractivity contribution in [3.8, 4) is 6.07 Å². The molecule has 0 saturated carbocycles. The highest BCUT2D eigenvalue weighted by atomic mass is 32.2. The monoisotopic (exact) mass is 197 g/mol. The Bertz CT molecular complexity index is 471. The summed E-state index contributed by atoms with van der Waals surface area (Å²) in [6.45, 7) is 1.55. The van der Waals surface area contributed by atoms with Gasteiger partial charge in [0.1, 0.15) is 0 Å². The lowest BCUT2D eigenvalue weighted by Crippen LogP contribution is -2.01.